The van der Waals surface area contributed by atoms with Crippen molar-refractivity contribution in [1.82, 2.24) is 20.0 Å². The van der Waals surface area contributed by atoms with Crippen LogP contribution in [0.15, 0.2) is 71.8 Å². The monoisotopic (exact) mass is 412 g/mol. The van der Waals surface area contributed by atoms with E-state index in [1.54, 1.807) is 54.4 Å². The zero-order valence-corrected chi connectivity index (χ0v) is 16.8. The van der Waals surface area contributed by atoms with E-state index >= 15 is 0 Å². The van der Waals surface area contributed by atoms with Crippen molar-refractivity contribution in [2.75, 3.05) is 11.6 Å². The molecule has 1 N–H and O–H groups in total. The molecule has 0 spiro atoms. The minimum absolute atomic E-state index is 0.251. The van der Waals surface area contributed by atoms with E-state index in [4.69, 9.17) is 0 Å². The van der Waals surface area contributed by atoms with Crippen LogP contribution in [0.2, 0.25) is 0 Å². The Labute approximate surface area is 177 Å². The van der Waals surface area contributed by atoms with Gasteiger partial charge in [-0.2, -0.15) is 5.26 Å². The average molecular weight is 412 g/mol. The predicted molar refractivity (Wildman–Crippen MR) is 118 cm³/mol. The van der Waals surface area contributed by atoms with E-state index in [2.05, 4.69) is 26.7 Å². The first-order chi connectivity index (χ1) is 14.7. The Morgan fingerprint density at radius 3 is 2.77 bits per heavy atom. The van der Waals surface area contributed by atoms with Gasteiger partial charge in [0.1, 0.15) is 17.3 Å². The highest BCUT2D eigenvalue weighted by molar-refractivity contribution is 7.98. The second-order valence-electron chi connectivity index (χ2n) is 6.26. The van der Waals surface area contributed by atoms with E-state index in [1.165, 1.54) is 4.68 Å². The van der Waals surface area contributed by atoms with Crippen LogP contribution in [-0.4, -0.2) is 32.1 Å². The van der Waals surface area contributed by atoms with Crippen LogP contribution in [0, 0.1) is 11.3 Å². The maximum absolute atomic E-state index is 12.8. The molecule has 0 fully saturated rings. The van der Waals surface area contributed by atoms with Crippen LogP contribution in [0.3, 0.4) is 0 Å². The van der Waals surface area contributed by atoms with Gasteiger partial charge in [-0.1, -0.05) is 23.4 Å². The van der Waals surface area contributed by atoms with Crippen LogP contribution in [0.4, 0.5) is 5.69 Å². The van der Waals surface area contributed by atoms with Gasteiger partial charge in [0, 0.05) is 22.7 Å². The lowest BCUT2D eigenvalue weighted by atomic mass is 10.1. The first kappa shape index (κ1) is 19.4. The van der Waals surface area contributed by atoms with Gasteiger partial charge in [0.25, 0.3) is 5.91 Å². The number of thioether (sulfide) groups is 1. The molecular formula is C22H16N6OS. The average Bonchev–Trinajstić information content (AvgIpc) is 3.21. The molecule has 4 aromatic rings. The second-order valence-corrected chi connectivity index (χ2v) is 7.10. The molecule has 2 aromatic carbocycles. The molecule has 1 amide bonds. The van der Waals surface area contributed by atoms with Crippen molar-refractivity contribution in [1.29, 1.82) is 5.26 Å². The summed E-state index contributed by atoms with van der Waals surface area (Å²) in [5.74, 6) is -0.252. The molecule has 0 bridgehead atoms. The lowest BCUT2D eigenvalue weighted by Crippen LogP contribution is -2.12. The number of nitriles is 1. The number of hydrogen-bond donors (Lipinski definition) is 1. The summed E-state index contributed by atoms with van der Waals surface area (Å²) in [6.45, 7) is 0. The number of para-hydroxylation sites is 1. The number of anilines is 1. The number of rotatable bonds is 5. The Morgan fingerprint density at radius 1 is 1.17 bits per heavy atom. The maximum atomic E-state index is 12.8. The minimum atomic E-state index is -0.252. The summed E-state index contributed by atoms with van der Waals surface area (Å²) in [6.07, 6.45) is 5.23. The fraction of sp³-hybridized carbons (Fsp3) is 0.0455. The van der Waals surface area contributed by atoms with Crippen LogP contribution in [0.1, 0.15) is 16.1 Å². The van der Waals surface area contributed by atoms with Gasteiger partial charge in [0.2, 0.25) is 0 Å². The number of nitrogens with zero attached hydrogens (tertiary/aromatic N) is 5. The molecule has 0 radical (unpaired) electrons. The van der Waals surface area contributed by atoms with Crippen molar-refractivity contribution in [3.05, 3.63) is 78.1 Å². The molecule has 2 heterocycles. The smallest absolute Gasteiger partial charge is 0.255 e. The third-order valence-corrected chi connectivity index (χ3v) is 5.17. The summed E-state index contributed by atoms with van der Waals surface area (Å²) in [7, 11) is 0. The number of allylic oxidation sites excluding steroid dienone is 1. The first-order valence-electron chi connectivity index (χ1n) is 9.02. The van der Waals surface area contributed by atoms with Gasteiger partial charge >= 0.3 is 0 Å². The highest BCUT2D eigenvalue weighted by Crippen LogP contribution is 2.25. The van der Waals surface area contributed by atoms with Crippen molar-refractivity contribution in [3.63, 3.8) is 0 Å². The number of nitrogens with one attached hydrogen (secondary N) is 1. The minimum Gasteiger partial charge on any atom is -0.321 e. The Hall–Kier alpha value is -3.96. The van der Waals surface area contributed by atoms with Gasteiger partial charge in [-0.05, 0) is 48.7 Å². The summed E-state index contributed by atoms with van der Waals surface area (Å²) < 4.78 is 1.41. The van der Waals surface area contributed by atoms with Gasteiger partial charge in [-0.25, -0.2) is 4.68 Å². The van der Waals surface area contributed by atoms with Gasteiger partial charge in [0.05, 0.1) is 16.9 Å². The first-order valence-corrected chi connectivity index (χ1v) is 10.2. The van der Waals surface area contributed by atoms with Gasteiger partial charge < -0.3 is 5.32 Å². The van der Waals surface area contributed by atoms with E-state index in [0.717, 1.165) is 10.6 Å². The number of fused-ring (bicyclic) bond motifs is 1. The number of amides is 1. The highest BCUT2D eigenvalue weighted by Gasteiger charge is 2.14. The number of carbonyl (C=O) groups is 1. The fourth-order valence-corrected chi connectivity index (χ4v) is 3.48. The Kier molecular flexibility index (Phi) is 5.54. The summed E-state index contributed by atoms with van der Waals surface area (Å²) in [6, 6.07) is 20.2. The Morgan fingerprint density at radius 2 is 2.00 bits per heavy atom. The number of carbonyl (C=O) groups excluding carboxylic acids is 1. The van der Waals surface area contributed by atoms with E-state index in [1.807, 2.05) is 36.6 Å². The molecule has 0 atom stereocenters. The zero-order chi connectivity index (χ0) is 20.9. The normalized spacial score (nSPS) is 11.3. The molecule has 30 heavy (non-hydrogen) atoms. The summed E-state index contributed by atoms with van der Waals surface area (Å²) in [4.78, 5) is 18.0. The molecule has 0 unspecified atom stereocenters. The molecule has 8 heteroatoms. The standard InChI is InChI=1S/C22H16N6OS/c1-30-21-8-3-2-7-19(21)25-22(29)15-9-10-18-20(12-15)28(27-26-18)17(14-23)13-16-6-4-5-11-24-16/h2-13H,1H3,(H,25,29)/b17-13+. The van der Waals surface area contributed by atoms with Gasteiger partial charge in [0.15, 0.2) is 0 Å². The van der Waals surface area contributed by atoms with Crippen molar-refractivity contribution in [2.45, 2.75) is 4.90 Å². The number of benzene rings is 2. The molecule has 0 aliphatic heterocycles. The quantitative estimate of drug-likeness (QED) is 0.387. The van der Waals surface area contributed by atoms with Crippen molar-refractivity contribution in [3.8, 4) is 6.07 Å². The van der Waals surface area contributed by atoms with E-state index < -0.39 is 0 Å². The molecule has 0 aliphatic rings. The lowest BCUT2D eigenvalue weighted by molar-refractivity contribution is 0.102. The van der Waals surface area contributed by atoms with Crippen LogP contribution in [0.5, 0.6) is 0 Å². The molecule has 0 saturated heterocycles. The van der Waals surface area contributed by atoms with Gasteiger partial charge in [-0.15, -0.1) is 16.9 Å². The fourth-order valence-electron chi connectivity index (χ4n) is 2.92. The van der Waals surface area contributed by atoms with Crippen molar-refractivity contribution in [2.24, 2.45) is 0 Å². The van der Waals surface area contributed by atoms with Crippen LogP contribution < -0.4 is 5.32 Å². The van der Waals surface area contributed by atoms with Crippen molar-refractivity contribution < 1.29 is 4.79 Å². The Balaban J connectivity index is 1.70. The van der Waals surface area contributed by atoms with E-state index in [9.17, 15) is 10.1 Å². The van der Waals surface area contributed by atoms with Crippen LogP contribution in [-0.2, 0) is 0 Å². The van der Waals surface area contributed by atoms with E-state index in [0.29, 0.717) is 22.3 Å². The zero-order valence-electron chi connectivity index (χ0n) is 16.0. The summed E-state index contributed by atoms with van der Waals surface area (Å²) >= 11 is 1.56. The van der Waals surface area contributed by atoms with Gasteiger partial charge in [-0.3, -0.25) is 9.78 Å². The predicted octanol–water partition coefficient (Wildman–Crippen LogP) is 4.32. The highest BCUT2D eigenvalue weighted by atomic mass is 32.2. The number of pyridine rings is 1. The molecule has 0 saturated carbocycles. The molecule has 0 aliphatic carbocycles. The molecule has 7 nitrogen and oxygen atoms in total. The maximum Gasteiger partial charge on any atom is 0.255 e. The van der Waals surface area contributed by atoms with Crippen molar-refractivity contribution >= 4 is 46.2 Å². The molecule has 2 aromatic heterocycles. The molecule has 4 rings (SSSR count). The van der Waals surface area contributed by atoms with Crippen LogP contribution >= 0.6 is 11.8 Å². The SMILES string of the molecule is CSc1ccccc1NC(=O)c1ccc2nnn(/C(C#N)=C/c3ccccn3)c2c1. The third kappa shape index (κ3) is 3.92. The lowest BCUT2D eigenvalue weighted by Gasteiger charge is -2.09. The third-order valence-electron chi connectivity index (χ3n) is 4.38. The van der Waals surface area contributed by atoms with Crippen LogP contribution in [0.25, 0.3) is 22.8 Å². The molecule has 146 valence electrons. The second kappa shape index (κ2) is 8.59. The number of hydrogen-bond acceptors (Lipinski definition) is 6. The summed E-state index contributed by atoms with van der Waals surface area (Å²) in [5, 5.41) is 20.8. The molecular weight excluding hydrogens is 396 g/mol. The largest absolute Gasteiger partial charge is 0.321 e. The number of aromatic nitrogens is 4. The van der Waals surface area contributed by atoms with E-state index in [-0.39, 0.29) is 11.6 Å². The Bertz CT molecular complexity index is 1290. The topological polar surface area (TPSA) is 96.5 Å². The summed E-state index contributed by atoms with van der Waals surface area (Å²) in [5.41, 5.74) is 3.20.